The van der Waals surface area contributed by atoms with E-state index in [0.717, 1.165) is 23.2 Å². The topological polar surface area (TPSA) is 12.5 Å². The summed E-state index contributed by atoms with van der Waals surface area (Å²) >= 11 is 3.54. The van der Waals surface area contributed by atoms with Crippen molar-refractivity contribution in [2.45, 2.75) is 25.3 Å². The number of likely N-dealkylation sites (tertiary alicyclic amines) is 1. The number of hydrogen-bond acceptors (Lipinski definition) is 2. The van der Waals surface area contributed by atoms with Gasteiger partial charge in [-0.25, -0.2) is 0 Å². The van der Waals surface area contributed by atoms with Gasteiger partial charge in [-0.15, -0.1) is 0 Å². The monoisotopic (exact) mass is 461 g/mol. The van der Waals surface area contributed by atoms with Crippen LogP contribution in [0.1, 0.15) is 36.0 Å². The summed E-state index contributed by atoms with van der Waals surface area (Å²) in [6, 6.07) is 28.1. The van der Waals surface area contributed by atoms with Crippen LogP contribution in [0, 0.1) is 0 Å². The molecule has 1 fully saturated rings. The van der Waals surface area contributed by atoms with E-state index in [0.29, 0.717) is 6.04 Å². The number of ether oxygens (including phenoxy) is 1. The summed E-state index contributed by atoms with van der Waals surface area (Å²) in [4.78, 5) is 2.45. The minimum Gasteiger partial charge on any atom is -0.494 e. The first kappa shape index (κ1) is 20.9. The van der Waals surface area contributed by atoms with Gasteiger partial charge in [0, 0.05) is 10.5 Å². The van der Waals surface area contributed by atoms with Gasteiger partial charge in [0.25, 0.3) is 0 Å². The average Bonchev–Trinajstić information content (AvgIpc) is 3.19. The molecule has 1 atom stereocenters. The number of nitrogens with zero attached hydrogens (tertiary/aromatic N) is 1. The molecule has 0 radical (unpaired) electrons. The fraction of sp³-hybridized carbons (Fsp3) is 0.259. The minimum atomic E-state index is 0.669. The van der Waals surface area contributed by atoms with Gasteiger partial charge in [0.15, 0.2) is 0 Å². The van der Waals surface area contributed by atoms with Crippen molar-refractivity contribution in [2.24, 2.45) is 0 Å². The van der Waals surface area contributed by atoms with Crippen LogP contribution in [0.4, 0.5) is 0 Å². The van der Waals surface area contributed by atoms with Gasteiger partial charge in [-0.05, 0) is 85.5 Å². The first-order valence-electron chi connectivity index (χ1n) is 10.7. The smallest absolute Gasteiger partial charge is 0.119 e. The molecule has 1 aliphatic rings. The lowest BCUT2D eigenvalue weighted by Crippen LogP contribution is -2.26. The zero-order valence-electron chi connectivity index (χ0n) is 17.4. The van der Waals surface area contributed by atoms with Crippen LogP contribution in [-0.4, -0.2) is 31.1 Å². The predicted octanol–water partition coefficient (Wildman–Crippen LogP) is 6.90. The molecule has 3 aromatic rings. The molecule has 4 rings (SSSR count). The van der Waals surface area contributed by atoms with E-state index in [-0.39, 0.29) is 0 Å². The van der Waals surface area contributed by atoms with Crippen molar-refractivity contribution in [1.82, 2.24) is 4.90 Å². The highest BCUT2D eigenvalue weighted by Crippen LogP contribution is 2.29. The second-order valence-corrected chi connectivity index (χ2v) is 8.83. The summed E-state index contributed by atoms with van der Waals surface area (Å²) in [7, 11) is 2.22. The fourth-order valence-corrected chi connectivity index (χ4v) is 4.33. The molecule has 0 amide bonds. The van der Waals surface area contributed by atoms with E-state index in [1.807, 2.05) is 6.07 Å². The molecular weight excluding hydrogens is 434 g/mol. The van der Waals surface area contributed by atoms with E-state index in [1.54, 1.807) is 0 Å². The van der Waals surface area contributed by atoms with Gasteiger partial charge < -0.3 is 9.64 Å². The summed E-state index contributed by atoms with van der Waals surface area (Å²) in [5, 5.41) is 0. The Kier molecular flexibility index (Phi) is 7.03. The van der Waals surface area contributed by atoms with Crippen molar-refractivity contribution >= 4 is 27.6 Å². The zero-order chi connectivity index (χ0) is 20.8. The van der Waals surface area contributed by atoms with Gasteiger partial charge in [-0.3, -0.25) is 0 Å². The molecule has 30 heavy (non-hydrogen) atoms. The van der Waals surface area contributed by atoms with E-state index < -0.39 is 0 Å². The SMILES string of the molecule is CN1CCCC1CCOc1ccc(/C(=C\c2ccccc2)c2ccc(Br)cc2)cc1. The van der Waals surface area contributed by atoms with Gasteiger partial charge in [-0.1, -0.05) is 70.5 Å². The Morgan fingerprint density at radius 3 is 2.27 bits per heavy atom. The number of hydrogen-bond donors (Lipinski definition) is 0. The molecule has 0 spiro atoms. The lowest BCUT2D eigenvalue weighted by atomic mass is 9.95. The predicted molar refractivity (Wildman–Crippen MR) is 130 cm³/mol. The highest BCUT2D eigenvalue weighted by atomic mass is 79.9. The van der Waals surface area contributed by atoms with Gasteiger partial charge >= 0.3 is 0 Å². The van der Waals surface area contributed by atoms with Crippen LogP contribution >= 0.6 is 15.9 Å². The maximum Gasteiger partial charge on any atom is 0.119 e. The fourth-order valence-electron chi connectivity index (χ4n) is 4.07. The van der Waals surface area contributed by atoms with Crippen LogP contribution < -0.4 is 4.74 Å². The van der Waals surface area contributed by atoms with Crippen molar-refractivity contribution in [3.8, 4) is 5.75 Å². The highest BCUT2D eigenvalue weighted by Gasteiger charge is 2.20. The van der Waals surface area contributed by atoms with Crippen LogP contribution in [0.2, 0.25) is 0 Å². The summed E-state index contributed by atoms with van der Waals surface area (Å²) in [5.74, 6) is 0.939. The van der Waals surface area contributed by atoms with Crippen LogP contribution in [0.3, 0.4) is 0 Å². The van der Waals surface area contributed by atoms with E-state index >= 15 is 0 Å². The van der Waals surface area contributed by atoms with Gasteiger partial charge in [0.05, 0.1) is 6.61 Å². The Morgan fingerprint density at radius 2 is 1.63 bits per heavy atom. The molecule has 3 heteroatoms. The largest absolute Gasteiger partial charge is 0.494 e. The Labute approximate surface area is 188 Å². The first-order chi connectivity index (χ1) is 14.7. The average molecular weight is 462 g/mol. The summed E-state index contributed by atoms with van der Waals surface area (Å²) in [6.07, 6.45) is 5.94. The van der Waals surface area contributed by atoms with Crippen LogP contribution in [-0.2, 0) is 0 Å². The molecule has 1 aliphatic heterocycles. The second-order valence-electron chi connectivity index (χ2n) is 7.91. The maximum atomic E-state index is 6.04. The molecule has 1 heterocycles. The lowest BCUT2D eigenvalue weighted by Gasteiger charge is -2.19. The normalized spacial score (nSPS) is 17.3. The van der Waals surface area contributed by atoms with Crippen molar-refractivity contribution < 1.29 is 4.74 Å². The molecule has 1 saturated heterocycles. The summed E-state index contributed by atoms with van der Waals surface area (Å²) in [6.45, 7) is 1.99. The molecule has 154 valence electrons. The molecule has 0 aliphatic carbocycles. The van der Waals surface area contributed by atoms with E-state index in [2.05, 4.69) is 107 Å². The summed E-state index contributed by atoms with van der Waals surface area (Å²) < 4.78 is 7.12. The maximum absolute atomic E-state index is 6.04. The third kappa shape index (κ3) is 5.41. The summed E-state index contributed by atoms with van der Waals surface area (Å²) in [5.41, 5.74) is 4.77. The van der Waals surface area contributed by atoms with Gasteiger partial charge in [0.2, 0.25) is 0 Å². The Balaban J connectivity index is 1.51. The third-order valence-corrected chi connectivity index (χ3v) is 6.35. The Hall–Kier alpha value is -2.36. The second kappa shape index (κ2) is 10.1. The minimum absolute atomic E-state index is 0.669. The molecule has 0 bridgehead atoms. The highest BCUT2D eigenvalue weighted by molar-refractivity contribution is 9.10. The van der Waals surface area contributed by atoms with Crippen molar-refractivity contribution in [3.63, 3.8) is 0 Å². The van der Waals surface area contributed by atoms with E-state index in [4.69, 9.17) is 4.74 Å². The standard InChI is InChI=1S/C27H28BrNO/c1-29-18-5-8-25(29)17-19-30-26-15-11-23(12-16-26)27(20-21-6-3-2-4-7-21)22-9-13-24(28)14-10-22/h2-4,6-7,9-16,20,25H,5,8,17-19H2,1H3/b27-20-. The van der Waals surface area contributed by atoms with Gasteiger partial charge in [-0.2, -0.15) is 0 Å². The number of benzene rings is 3. The Bertz CT molecular complexity index is 964. The van der Waals surface area contributed by atoms with Crippen molar-refractivity contribution in [3.05, 3.63) is 100 Å². The lowest BCUT2D eigenvalue weighted by molar-refractivity contribution is 0.233. The zero-order valence-corrected chi connectivity index (χ0v) is 19.0. The first-order valence-corrected chi connectivity index (χ1v) is 11.4. The molecule has 0 N–H and O–H groups in total. The quantitative estimate of drug-likeness (QED) is 0.354. The number of rotatable bonds is 7. The molecular formula is C27H28BrNO. The molecule has 2 nitrogen and oxygen atoms in total. The molecule has 0 saturated carbocycles. The number of halogens is 1. The third-order valence-electron chi connectivity index (χ3n) is 5.82. The van der Waals surface area contributed by atoms with Crippen molar-refractivity contribution in [1.29, 1.82) is 0 Å². The molecule has 3 aromatic carbocycles. The van der Waals surface area contributed by atoms with Crippen LogP contribution in [0.15, 0.2) is 83.3 Å². The van der Waals surface area contributed by atoms with Crippen LogP contribution in [0.5, 0.6) is 5.75 Å². The van der Waals surface area contributed by atoms with E-state index in [1.165, 1.54) is 41.6 Å². The Morgan fingerprint density at radius 1 is 0.967 bits per heavy atom. The van der Waals surface area contributed by atoms with Crippen LogP contribution in [0.25, 0.3) is 11.6 Å². The van der Waals surface area contributed by atoms with Crippen molar-refractivity contribution in [2.75, 3.05) is 20.2 Å². The van der Waals surface area contributed by atoms with E-state index in [9.17, 15) is 0 Å². The van der Waals surface area contributed by atoms with Gasteiger partial charge in [0.1, 0.15) is 5.75 Å². The molecule has 0 aromatic heterocycles. The molecule has 1 unspecified atom stereocenters.